The summed E-state index contributed by atoms with van der Waals surface area (Å²) in [5, 5.41) is 7.12. The van der Waals surface area contributed by atoms with Crippen LogP contribution >= 0.6 is 0 Å². The zero-order chi connectivity index (χ0) is 9.49. The van der Waals surface area contributed by atoms with E-state index in [0.717, 1.165) is 13.0 Å². The lowest BCUT2D eigenvalue weighted by Gasteiger charge is -1.93. The molecule has 0 atom stereocenters. The largest absolute Gasteiger partial charge is 0.490 e. The van der Waals surface area contributed by atoms with Crippen molar-refractivity contribution in [3.05, 3.63) is 0 Å². The molecule has 0 spiro atoms. The molecule has 0 aliphatic rings. The lowest BCUT2D eigenvalue weighted by Crippen LogP contribution is -2.21. The van der Waals surface area contributed by atoms with Crippen LogP contribution < -0.4 is 5.73 Å². The number of rotatable bonds is 1. The fourth-order valence-corrected chi connectivity index (χ4v) is 0. The van der Waals surface area contributed by atoms with Crippen LogP contribution in [-0.4, -0.2) is 23.8 Å². The number of nitrogens with two attached hydrogens (primary N) is 1. The molecule has 0 aliphatic heterocycles. The number of aliphatic carboxylic acids is 1. The Balaban J connectivity index is 0. The third kappa shape index (κ3) is 12.4. The zero-order valence-electron chi connectivity index (χ0n) is 5.98. The molecule has 0 saturated carbocycles. The SMILES string of the molecule is CCCN.O=C(O)C(F)(F)F. The van der Waals surface area contributed by atoms with Crippen molar-refractivity contribution >= 4 is 5.97 Å². The molecule has 0 aromatic heterocycles. The molecule has 0 unspecified atom stereocenters. The van der Waals surface area contributed by atoms with Gasteiger partial charge in [0.15, 0.2) is 0 Å². The first kappa shape index (κ1) is 12.9. The van der Waals surface area contributed by atoms with Gasteiger partial charge in [0.25, 0.3) is 0 Å². The van der Waals surface area contributed by atoms with E-state index in [1.54, 1.807) is 0 Å². The van der Waals surface area contributed by atoms with Crippen molar-refractivity contribution in [2.45, 2.75) is 19.5 Å². The standard InChI is InChI=1S/C3H9N.C2HF3O2/c1-2-3-4;3-2(4,5)1(6)7/h2-4H2,1H3;(H,6,7). The van der Waals surface area contributed by atoms with Gasteiger partial charge in [-0.05, 0) is 13.0 Å². The Morgan fingerprint density at radius 2 is 1.73 bits per heavy atom. The normalized spacial score (nSPS) is 9.91. The van der Waals surface area contributed by atoms with Gasteiger partial charge < -0.3 is 10.8 Å². The van der Waals surface area contributed by atoms with Crippen molar-refractivity contribution in [2.75, 3.05) is 6.54 Å². The molecule has 0 fully saturated rings. The minimum absolute atomic E-state index is 0.819. The summed E-state index contributed by atoms with van der Waals surface area (Å²) in [5.74, 6) is -2.76. The fraction of sp³-hybridized carbons (Fsp3) is 0.800. The Labute approximate surface area is 62.0 Å². The van der Waals surface area contributed by atoms with Crippen LogP contribution in [0.25, 0.3) is 0 Å². The van der Waals surface area contributed by atoms with Crippen LogP contribution in [-0.2, 0) is 4.79 Å². The smallest absolute Gasteiger partial charge is 0.475 e. The average Bonchev–Trinajstić information content (AvgIpc) is 1.87. The van der Waals surface area contributed by atoms with Crippen molar-refractivity contribution in [3.63, 3.8) is 0 Å². The van der Waals surface area contributed by atoms with E-state index in [4.69, 9.17) is 15.6 Å². The van der Waals surface area contributed by atoms with Crippen molar-refractivity contribution in [2.24, 2.45) is 5.73 Å². The maximum Gasteiger partial charge on any atom is 0.490 e. The summed E-state index contributed by atoms with van der Waals surface area (Å²) in [6.45, 7) is 2.88. The molecule has 0 bridgehead atoms. The number of hydrogen-bond donors (Lipinski definition) is 2. The van der Waals surface area contributed by atoms with E-state index in [2.05, 4.69) is 6.92 Å². The third-order valence-electron chi connectivity index (χ3n) is 0.531. The van der Waals surface area contributed by atoms with Crippen LogP contribution in [0.3, 0.4) is 0 Å². The molecule has 0 saturated heterocycles. The lowest BCUT2D eigenvalue weighted by atomic mass is 10.5. The van der Waals surface area contributed by atoms with Gasteiger partial charge in [-0.15, -0.1) is 0 Å². The van der Waals surface area contributed by atoms with E-state index in [1.807, 2.05) is 0 Å². The second kappa shape index (κ2) is 5.96. The summed E-state index contributed by atoms with van der Waals surface area (Å²) >= 11 is 0. The second-order valence-electron chi connectivity index (χ2n) is 1.59. The highest BCUT2D eigenvalue weighted by Crippen LogP contribution is 2.13. The Morgan fingerprint density at radius 3 is 1.73 bits per heavy atom. The monoisotopic (exact) mass is 173 g/mol. The summed E-state index contributed by atoms with van der Waals surface area (Å²) < 4.78 is 31.7. The van der Waals surface area contributed by atoms with E-state index in [-0.39, 0.29) is 0 Å². The molecule has 0 aromatic carbocycles. The van der Waals surface area contributed by atoms with Gasteiger partial charge in [-0.3, -0.25) is 0 Å². The average molecular weight is 173 g/mol. The molecule has 3 N–H and O–H groups in total. The highest BCUT2D eigenvalue weighted by atomic mass is 19.4. The third-order valence-corrected chi connectivity index (χ3v) is 0.531. The minimum atomic E-state index is -5.08. The number of halogens is 3. The van der Waals surface area contributed by atoms with E-state index < -0.39 is 12.1 Å². The van der Waals surface area contributed by atoms with Crippen LogP contribution in [0.5, 0.6) is 0 Å². The van der Waals surface area contributed by atoms with Gasteiger partial charge in [-0.1, -0.05) is 6.92 Å². The van der Waals surface area contributed by atoms with E-state index in [9.17, 15) is 13.2 Å². The molecule has 0 aromatic rings. The van der Waals surface area contributed by atoms with Crippen molar-refractivity contribution < 1.29 is 23.1 Å². The molecule has 3 nitrogen and oxygen atoms in total. The highest BCUT2D eigenvalue weighted by Gasteiger charge is 2.38. The molecule has 0 rings (SSSR count). The van der Waals surface area contributed by atoms with E-state index in [0.29, 0.717) is 0 Å². The lowest BCUT2D eigenvalue weighted by molar-refractivity contribution is -0.192. The summed E-state index contributed by atoms with van der Waals surface area (Å²) in [7, 11) is 0. The highest BCUT2D eigenvalue weighted by molar-refractivity contribution is 5.73. The summed E-state index contributed by atoms with van der Waals surface area (Å²) in [6, 6.07) is 0. The quantitative estimate of drug-likeness (QED) is 0.621. The zero-order valence-corrected chi connectivity index (χ0v) is 5.98. The first-order valence-electron chi connectivity index (χ1n) is 2.86. The van der Waals surface area contributed by atoms with Gasteiger partial charge >= 0.3 is 12.1 Å². The second-order valence-corrected chi connectivity index (χ2v) is 1.59. The fourth-order valence-electron chi connectivity index (χ4n) is 0. The molecular weight excluding hydrogens is 163 g/mol. The van der Waals surface area contributed by atoms with Gasteiger partial charge in [0.1, 0.15) is 0 Å². The molecule has 6 heteroatoms. The Morgan fingerprint density at radius 1 is 1.55 bits per heavy atom. The predicted molar refractivity (Wildman–Crippen MR) is 33.0 cm³/mol. The van der Waals surface area contributed by atoms with Gasteiger partial charge in [0, 0.05) is 0 Å². The molecular formula is C5H10F3NO2. The summed E-state index contributed by atoms with van der Waals surface area (Å²) in [4.78, 5) is 8.90. The van der Waals surface area contributed by atoms with Gasteiger partial charge in [0.05, 0.1) is 0 Å². The number of hydrogen-bond acceptors (Lipinski definition) is 2. The molecule has 0 heterocycles. The Bertz CT molecular complexity index is 111. The van der Waals surface area contributed by atoms with Gasteiger partial charge in [0.2, 0.25) is 0 Å². The summed E-state index contributed by atoms with van der Waals surface area (Å²) in [6.07, 6.45) is -3.99. The van der Waals surface area contributed by atoms with Crippen molar-refractivity contribution in [3.8, 4) is 0 Å². The first-order valence-corrected chi connectivity index (χ1v) is 2.86. The topological polar surface area (TPSA) is 63.3 Å². The van der Waals surface area contributed by atoms with Gasteiger partial charge in [-0.2, -0.15) is 13.2 Å². The minimum Gasteiger partial charge on any atom is -0.475 e. The molecule has 0 amide bonds. The van der Waals surface area contributed by atoms with Gasteiger partial charge in [-0.25, -0.2) is 4.79 Å². The van der Waals surface area contributed by atoms with E-state index >= 15 is 0 Å². The number of carboxylic acids is 1. The number of carbonyl (C=O) groups is 1. The maximum atomic E-state index is 10.6. The molecule has 68 valence electrons. The Hall–Kier alpha value is -0.780. The molecule has 0 radical (unpaired) electrons. The van der Waals surface area contributed by atoms with Crippen LogP contribution in [0.2, 0.25) is 0 Å². The maximum absolute atomic E-state index is 10.6. The molecule has 11 heavy (non-hydrogen) atoms. The van der Waals surface area contributed by atoms with Crippen molar-refractivity contribution in [1.82, 2.24) is 0 Å². The van der Waals surface area contributed by atoms with Crippen LogP contribution in [0, 0.1) is 0 Å². The van der Waals surface area contributed by atoms with Crippen LogP contribution in [0.1, 0.15) is 13.3 Å². The van der Waals surface area contributed by atoms with E-state index in [1.165, 1.54) is 0 Å². The first-order chi connectivity index (χ1) is 4.86. The van der Waals surface area contributed by atoms with Crippen molar-refractivity contribution in [1.29, 1.82) is 0 Å². The number of carboxylic acid groups (broad SMARTS) is 1. The van der Waals surface area contributed by atoms with Crippen LogP contribution in [0.15, 0.2) is 0 Å². The number of alkyl halides is 3. The predicted octanol–water partition coefficient (Wildman–Crippen LogP) is 0.988. The summed E-state index contributed by atoms with van der Waals surface area (Å²) in [5.41, 5.74) is 5.03. The van der Waals surface area contributed by atoms with Crippen LogP contribution in [0.4, 0.5) is 13.2 Å². The molecule has 0 aliphatic carbocycles. The Kier molecular flexibility index (Phi) is 6.97.